The first-order chi connectivity index (χ1) is 6.70. The molecule has 2 nitrogen and oxygen atoms in total. The van der Waals surface area contributed by atoms with Gasteiger partial charge in [-0.05, 0) is 18.4 Å². The summed E-state index contributed by atoms with van der Waals surface area (Å²) in [6, 6.07) is 0. The number of thioether (sulfide) groups is 1. The van der Waals surface area contributed by atoms with Crippen LogP contribution in [0.4, 0.5) is 0 Å². The van der Waals surface area contributed by atoms with Crippen LogP contribution in [-0.2, 0) is 0 Å². The summed E-state index contributed by atoms with van der Waals surface area (Å²) in [7, 11) is 0. The van der Waals surface area contributed by atoms with E-state index in [9.17, 15) is 0 Å². The molecule has 0 aliphatic carbocycles. The fourth-order valence-corrected chi connectivity index (χ4v) is 3.13. The molecule has 0 aromatic heterocycles. The molecule has 0 aromatic carbocycles. The van der Waals surface area contributed by atoms with Gasteiger partial charge in [-0.1, -0.05) is 20.3 Å². The molecule has 0 bridgehead atoms. The number of hydrogen-bond donors (Lipinski definition) is 1. The van der Waals surface area contributed by atoms with Crippen LogP contribution in [0.1, 0.15) is 26.7 Å². The summed E-state index contributed by atoms with van der Waals surface area (Å²) in [5.41, 5.74) is 6.22. The van der Waals surface area contributed by atoms with Crippen molar-refractivity contribution in [1.82, 2.24) is 4.90 Å². The lowest BCUT2D eigenvalue weighted by Crippen LogP contribution is -2.44. The van der Waals surface area contributed by atoms with Crippen molar-refractivity contribution in [2.75, 3.05) is 37.7 Å². The molecule has 0 radical (unpaired) electrons. The maximum atomic E-state index is 5.88. The van der Waals surface area contributed by atoms with Gasteiger partial charge in [-0.2, -0.15) is 11.8 Å². The molecule has 3 heteroatoms. The highest BCUT2D eigenvalue weighted by Crippen LogP contribution is 2.24. The topological polar surface area (TPSA) is 29.3 Å². The third-order valence-electron chi connectivity index (χ3n) is 3.06. The van der Waals surface area contributed by atoms with E-state index >= 15 is 0 Å². The zero-order valence-corrected chi connectivity index (χ0v) is 10.4. The fraction of sp³-hybridized carbons (Fsp3) is 1.00. The average Bonchev–Trinajstić information content (AvgIpc) is 2.20. The van der Waals surface area contributed by atoms with E-state index in [0.29, 0.717) is 5.41 Å². The van der Waals surface area contributed by atoms with Gasteiger partial charge in [-0.15, -0.1) is 0 Å². The standard InChI is InChI=1S/C11H24N2S/c1-3-4-11(2,9-12)10-13-5-7-14-8-6-13/h3-10,12H2,1-2H3. The van der Waals surface area contributed by atoms with Gasteiger partial charge in [0.15, 0.2) is 0 Å². The van der Waals surface area contributed by atoms with Crippen LogP contribution in [0, 0.1) is 5.41 Å². The van der Waals surface area contributed by atoms with Gasteiger partial charge in [-0.25, -0.2) is 0 Å². The van der Waals surface area contributed by atoms with Crippen molar-refractivity contribution in [1.29, 1.82) is 0 Å². The molecule has 14 heavy (non-hydrogen) atoms. The van der Waals surface area contributed by atoms with Crippen LogP contribution < -0.4 is 5.73 Å². The summed E-state index contributed by atoms with van der Waals surface area (Å²) in [5, 5.41) is 0. The largest absolute Gasteiger partial charge is 0.330 e. The first kappa shape index (κ1) is 12.3. The highest BCUT2D eigenvalue weighted by Gasteiger charge is 2.25. The minimum Gasteiger partial charge on any atom is -0.330 e. The molecule has 84 valence electrons. The maximum absolute atomic E-state index is 5.88. The second-order valence-electron chi connectivity index (χ2n) is 4.65. The molecule has 1 aliphatic heterocycles. The van der Waals surface area contributed by atoms with Crippen LogP contribution in [0.15, 0.2) is 0 Å². The van der Waals surface area contributed by atoms with Crippen molar-refractivity contribution >= 4 is 11.8 Å². The fourth-order valence-electron chi connectivity index (χ4n) is 2.15. The summed E-state index contributed by atoms with van der Waals surface area (Å²) in [4.78, 5) is 2.58. The molecule has 1 atom stereocenters. The third-order valence-corrected chi connectivity index (χ3v) is 4.00. The highest BCUT2D eigenvalue weighted by atomic mass is 32.2. The van der Waals surface area contributed by atoms with Gasteiger partial charge >= 0.3 is 0 Å². The Balaban J connectivity index is 2.37. The summed E-state index contributed by atoms with van der Waals surface area (Å²) in [6.07, 6.45) is 2.50. The van der Waals surface area contributed by atoms with Crippen LogP contribution in [0.5, 0.6) is 0 Å². The minimum atomic E-state index is 0.344. The molecule has 0 saturated carbocycles. The van der Waals surface area contributed by atoms with Gasteiger partial charge in [-0.3, -0.25) is 0 Å². The average molecular weight is 216 g/mol. The van der Waals surface area contributed by atoms with Crippen molar-refractivity contribution in [3.63, 3.8) is 0 Å². The Hall–Kier alpha value is 0.270. The van der Waals surface area contributed by atoms with Crippen molar-refractivity contribution in [2.45, 2.75) is 26.7 Å². The lowest BCUT2D eigenvalue weighted by Gasteiger charge is -2.36. The van der Waals surface area contributed by atoms with Crippen molar-refractivity contribution in [3.05, 3.63) is 0 Å². The molecule has 1 unspecified atom stereocenters. The predicted molar refractivity (Wildman–Crippen MR) is 65.8 cm³/mol. The van der Waals surface area contributed by atoms with Gasteiger partial charge in [0, 0.05) is 31.1 Å². The third kappa shape index (κ3) is 3.79. The van der Waals surface area contributed by atoms with E-state index in [1.165, 1.54) is 44.0 Å². The Morgan fingerprint density at radius 1 is 1.36 bits per heavy atom. The van der Waals surface area contributed by atoms with Crippen molar-refractivity contribution < 1.29 is 0 Å². The number of hydrogen-bond acceptors (Lipinski definition) is 3. The molecular formula is C11H24N2S. The highest BCUT2D eigenvalue weighted by molar-refractivity contribution is 7.99. The van der Waals surface area contributed by atoms with Gasteiger partial charge in [0.25, 0.3) is 0 Å². The monoisotopic (exact) mass is 216 g/mol. The molecule has 1 heterocycles. The quantitative estimate of drug-likeness (QED) is 0.760. The van der Waals surface area contributed by atoms with Gasteiger partial charge in [0.1, 0.15) is 0 Å². The van der Waals surface area contributed by atoms with E-state index in [4.69, 9.17) is 5.73 Å². The van der Waals surface area contributed by atoms with E-state index in [2.05, 4.69) is 30.5 Å². The van der Waals surface area contributed by atoms with Crippen LogP contribution in [0.2, 0.25) is 0 Å². The summed E-state index contributed by atoms with van der Waals surface area (Å²) >= 11 is 2.07. The maximum Gasteiger partial charge on any atom is 0.00729 e. The molecule has 2 N–H and O–H groups in total. The second kappa shape index (κ2) is 5.99. The number of nitrogens with zero attached hydrogens (tertiary/aromatic N) is 1. The SMILES string of the molecule is CCCC(C)(CN)CN1CCSCC1. The van der Waals surface area contributed by atoms with Crippen LogP contribution in [-0.4, -0.2) is 42.6 Å². The molecule has 0 aromatic rings. The molecular weight excluding hydrogens is 192 g/mol. The van der Waals surface area contributed by atoms with E-state index in [1.807, 2.05) is 0 Å². The van der Waals surface area contributed by atoms with E-state index in [1.54, 1.807) is 0 Å². The lowest BCUT2D eigenvalue weighted by atomic mass is 9.85. The van der Waals surface area contributed by atoms with Crippen LogP contribution in [0.3, 0.4) is 0 Å². The Labute approximate surface area is 92.6 Å². The first-order valence-electron chi connectivity index (χ1n) is 5.70. The van der Waals surface area contributed by atoms with Crippen molar-refractivity contribution in [2.24, 2.45) is 11.1 Å². The Morgan fingerprint density at radius 3 is 2.50 bits per heavy atom. The van der Waals surface area contributed by atoms with E-state index in [0.717, 1.165) is 6.54 Å². The predicted octanol–water partition coefficient (Wildman–Crippen LogP) is 1.80. The first-order valence-corrected chi connectivity index (χ1v) is 6.86. The van der Waals surface area contributed by atoms with Crippen LogP contribution in [0.25, 0.3) is 0 Å². The van der Waals surface area contributed by atoms with E-state index in [-0.39, 0.29) is 0 Å². The number of rotatable bonds is 5. The molecule has 1 fully saturated rings. The Kier molecular flexibility index (Phi) is 5.28. The normalized spacial score (nSPS) is 23.4. The zero-order valence-electron chi connectivity index (χ0n) is 9.59. The van der Waals surface area contributed by atoms with Crippen molar-refractivity contribution in [3.8, 4) is 0 Å². The molecule has 0 amide bonds. The minimum absolute atomic E-state index is 0.344. The lowest BCUT2D eigenvalue weighted by molar-refractivity contribution is 0.170. The Bertz CT molecular complexity index is 157. The smallest absolute Gasteiger partial charge is 0.00729 e. The van der Waals surface area contributed by atoms with E-state index < -0.39 is 0 Å². The molecule has 1 rings (SSSR count). The van der Waals surface area contributed by atoms with Gasteiger partial charge < -0.3 is 10.6 Å². The Morgan fingerprint density at radius 2 is 2.00 bits per heavy atom. The molecule has 0 spiro atoms. The second-order valence-corrected chi connectivity index (χ2v) is 5.88. The zero-order chi connectivity index (χ0) is 10.4. The summed E-state index contributed by atoms with van der Waals surface area (Å²) in [5.74, 6) is 2.60. The molecule has 1 aliphatic rings. The van der Waals surface area contributed by atoms with Crippen LogP contribution >= 0.6 is 11.8 Å². The number of nitrogens with two attached hydrogens (primary N) is 1. The van der Waals surface area contributed by atoms with Gasteiger partial charge in [0.05, 0.1) is 0 Å². The summed E-state index contributed by atoms with van der Waals surface area (Å²) < 4.78 is 0. The summed E-state index contributed by atoms with van der Waals surface area (Å²) in [6.45, 7) is 9.11. The van der Waals surface area contributed by atoms with Gasteiger partial charge in [0.2, 0.25) is 0 Å². The molecule has 1 saturated heterocycles.